The van der Waals surface area contributed by atoms with Crippen molar-refractivity contribution < 1.29 is 5.32 Å². The predicted molar refractivity (Wildman–Crippen MR) is 56.5 cm³/mol. The number of anilines is 1. The zero-order valence-electron chi connectivity index (χ0n) is 7.69. The van der Waals surface area contributed by atoms with Crippen LogP contribution in [0.2, 0.25) is 0 Å². The zero-order chi connectivity index (χ0) is 10.4. The van der Waals surface area contributed by atoms with E-state index in [2.05, 4.69) is 15.0 Å². The lowest BCUT2D eigenvalue weighted by Crippen LogP contribution is -2.74. The van der Waals surface area contributed by atoms with Gasteiger partial charge in [0.05, 0.1) is 5.52 Å². The summed E-state index contributed by atoms with van der Waals surface area (Å²) in [6, 6.07) is 3.67. The number of aromatic amines is 1. The van der Waals surface area contributed by atoms with Gasteiger partial charge in [-0.1, -0.05) is 0 Å². The fourth-order valence-electron chi connectivity index (χ4n) is 1.68. The number of nitrogens with one attached hydrogen (secondary N) is 1. The van der Waals surface area contributed by atoms with Gasteiger partial charge < -0.3 is 10.7 Å². The van der Waals surface area contributed by atoms with Crippen molar-refractivity contribution in [2.24, 2.45) is 4.99 Å². The first-order valence-corrected chi connectivity index (χ1v) is 4.45. The summed E-state index contributed by atoms with van der Waals surface area (Å²) in [7, 11) is 0. The summed E-state index contributed by atoms with van der Waals surface area (Å²) in [6.07, 6.45) is 1.71. The molecule has 0 radical (unpaired) electrons. The summed E-state index contributed by atoms with van der Waals surface area (Å²) in [5.41, 5.74) is 7.74. The smallest absolute Gasteiger partial charge is 0.347 e. The average molecular weight is 202 g/mol. The molecule has 15 heavy (non-hydrogen) atoms. The Hall–Kier alpha value is -2.21. The second kappa shape index (κ2) is 2.64. The number of benzene rings is 1. The van der Waals surface area contributed by atoms with E-state index in [1.165, 1.54) is 0 Å². The molecule has 0 saturated heterocycles. The number of rotatable bonds is 0. The maximum absolute atomic E-state index is 11.1. The molecule has 3 rings (SSSR count). The number of nitrogens with two attached hydrogens (primary N) is 2. The van der Waals surface area contributed by atoms with Crippen molar-refractivity contribution in [2.45, 2.75) is 0 Å². The molecular weight excluding hydrogens is 194 g/mol. The minimum atomic E-state index is -0.432. The molecule has 0 atom stereocenters. The Morgan fingerprint density at radius 1 is 1.40 bits per heavy atom. The van der Waals surface area contributed by atoms with E-state index in [0.29, 0.717) is 5.52 Å². The van der Waals surface area contributed by atoms with Gasteiger partial charge in [-0.2, -0.15) is 9.98 Å². The average Bonchev–Trinajstić information content (AvgIpc) is 2.61. The lowest BCUT2D eigenvalue weighted by atomic mass is 10.2. The number of nitrogens with zero attached hydrogens (tertiary/aromatic N) is 2. The van der Waals surface area contributed by atoms with Gasteiger partial charge in [0.15, 0.2) is 12.0 Å². The highest BCUT2D eigenvalue weighted by Crippen LogP contribution is 2.29. The molecule has 0 saturated carbocycles. The first-order valence-electron chi connectivity index (χ1n) is 4.45. The Morgan fingerprint density at radius 2 is 2.27 bits per heavy atom. The second-order valence-electron chi connectivity index (χ2n) is 3.33. The lowest BCUT2D eigenvalue weighted by molar-refractivity contribution is -0.427. The quantitative estimate of drug-likeness (QED) is 0.496. The van der Waals surface area contributed by atoms with E-state index in [-0.39, 0.29) is 5.82 Å². The van der Waals surface area contributed by atoms with Gasteiger partial charge in [-0.3, -0.25) is 5.32 Å². The Balaban J connectivity index is 2.46. The van der Waals surface area contributed by atoms with Crippen LogP contribution in [0, 0.1) is 0 Å². The van der Waals surface area contributed by atoms with Crippen LogP contribution in [0.15, 0.2) is 21.9 Å². The summed E-state index contributed by atoms with van der Waals surface area (Å²) in [6.45, 7) is 0. The number of aliphatic imine (C=N–C) groups is 1. The van der Waals surface area contributed by atoms with E-state index in [4.69, 9.17) is 5.73 Å². The van der Waals surface area contributed by atoms with Crippen molar-refractivity contribution in [2.75, 3.05) is 5.73 Å². The van der Waals surface area contributed by atoms with Crippen molar-refractivity contribution in [3.8, 4) is 0 Å². The Morgan fingerprint density at radius 3 is 3.13 bits per heavy atom. The normalized spacial score (nSPS) is 13.3. The van der Waals surface area contributed by atoms with Crippen LogP contribution in [0.3, 0.4) is 0 Å². The lowest BCUT2D eigenvalue weighted by Gasteiger charge is -2.01. The molecule has 6 nitrogen and oxygen atoms in total. The maximum Gasteiger partial charge on any atom is 0.347 e. The molecule has 0 aliphatic carbocycles. The monoisotopic (exact) mass is 202 g/mol. The Kier molecular flexibility index (Phi) is 1.43. The number of fused-ring (bicyclic) bond motifs is 2. The van der Waals surface area contributed by atoms with Gasteiger partial charge in [-0.25, -0.2) is 4.79 Å². The minimum Gasteiger partial charge on any atom is -0.383 e. The van der Waals surface area contributed by atoms with Crippen LogP contribution in [-0.2, 0) is 0 Å². The Bertz CT molecular complexity index is 643. The molecule has 2 aromatic rings. The van der Waals surface area contributed by atoms with E-state index in [1.807, 2.05) is 17.4 Å². The van der Waals surface area contributed by atoms with Crippen LogP contribution in [0.4, 0.5) is 17.2 Å². The molecule has 74 valence electrons. The van der Waals surface area contributed by atoms with Gasteiger partial charge in [0.25, 0.3) is 0 Å². The van der Waals surface area contributed by atoms with Gasteiger partial charge in [-0.15, -0.1) is 0 Å². The highest BCUT2D eigenvalue weighted by Gasteiger charge is 2.14. The molecule has 0 fully saturated rings. The van der Waals surface area contributed by atoms with Gasteiger partial charge in [0.2, 0.25) is 0 Å². The van der Waals surface area contributed by atoms with Crippen molar-refractivity contribution in [1.82, 2.24) is 9.97 Å². The van der Waals surface area contributed by atoms with Crippen molar-refractivity contribution in [3.05, 3.63) is 22.6 Å². The molecule has 1 aliphatic rings. The number of aromatic nitrogens is 2. The van der Waals surface area contributed by atoms with Crippen LogP contribution < -0.4 is 16.7 Å². The summed E-state index contributed by atoms with van der Waals surface area (Å²) in [5, 5.41) is 2.60. The standard InChI is InChI=1S/C9H7N5O/c10-8-4-1-6-7(12-3-11-6)2-5(4)13-9(15)14-8/h1-3H,(H,11,12)(H3,10,13,14,15)/p+1. The van der Waals surface area contributed by atoms with Crippen molar-refractivity contribution in [3.63, 3.8) is 0 Å². The molecule has 5 N–H and O–H groups in total. The van der Waals surface area contributed by atoms with E-state index >= 15 is 0 Å². The third-order valence-electron chi connectivity index (χ3n) is 2.37. The number of hydrogen-bond donors (Lipinski definition) is 3. The highest BCUT2D eigenvalue weighted by atomic mass is 16.1. The van der Waals surface area contributed by atoms with Gasteiger partial charge in [-0.05, 0) is 6.07 Å². The van der Waals surface area contributed by atoms with Crippen LogP contribution in [0.5, 0.6) is 0 Å². The first-order chi connectivity index (χ1) is 7.24. The molecular formula is C9H8N5O+. The molecule has 1 aromatic carbocycles. The van der Waals surface area contributed by atoms with Crippen LogP contribution in [0.25, 0.3) is 10.9 Å². The van der Waals surface area contributed by atoms with Crippen LogP contribution >= 0.6 is 0 Å². The summed E-state index contributed by atoms with van der Waals surface area (Å²) < 4.78 is 0. The second-order valence-corrected chi connectivity index (χ2v) is 3.33. The molecule has 0 spiro atoms. The van der Waals surface area contributed by atoms with E-state index in [9.17, 15) is 4.79 Å². The molecule has 0 amide bonds. The summed E-state index contributed by atoms with van der Waals surface area (Å²) in [5.74, 6) is 0.235. The van der Waals surface area contributed by atoms with Gasteiger partial charge in [0.1, 0.15) is 11.5 Å². The molecule has 0 bridgehead atoms. The number of H-pyrrole nitrogens is 1. The molecule has 6 heteroatoms. The van der Waals surface area contributed by atoms with E-state index < -0.39 is 5.69 Å². The van der Waals surface area contributed by atoms with Gasteiger partial charge in [0, 0.05) is 11.5 Å². The molecule has 2 heterocycles. The molecule has 1 aromatic heterocycles. The van der Waals surface area contributed by atoms with Crippen LogP contribution in [-0.4, -0.2) is 16.3 Å². The highest BCUT2D eigenvalue weighted by molar-refractivity contribution is 5.94. The predicted octanol–water partition coefficient (Wildman–Crippen LogP) is -0.626. The molecule has 0 unspecified atom stereocenters. The fourth-order valence-corrected chi connectivity index (χ4v) is 1.68. The fraction of sp³-hybridized carbons (Fsp3) is 0. The summed E-state index contributed by atoms with van der Waals surface area (Å²) in [4.78, 5) is 21.5. The van der Waals surface area contributed by atoms with Crippen molar-refractivity contribution >= 4 is 34.4 Å². The number of hydrogen-bond acceptors (Lipinski definition) is 4. The zero-order valence-corrected chi connectivity index (χ0v) is 7.69. The number of quaternary nitrogens is 1. The van der Waals surface area contributed by atoms with Crippen LogP contribution in [0.1, 0.15) is 0 Å². The Labute approximate surface area is 83.9 Å². The molecule has 1 aliphatic heterocycles. The van der Waals surface area contributed by atoms with E-state index in [0.717, 1.165) is 16.8 Å². The SMILES string of the molecule is Nc1nc(=O)[nH]c2cc3c(cc12)N=C[NH2+]3. The maximum atomic E-state index is 11.1. The van der Waals surface area contributed by atoms with Crippen molar-refractivity contribution in [1.29, 1.82) is 0 Å². The van der Waals surface area contributed by atoms with E-state index in [1.54, 1.807) is 6.34 Å². The summed E-state index contributed by atoms with van der Waals surface area (Å²) >= 11 is 0. The van der Waals surface area contributed by atoms with Gasteiger partial charge >= 0.3 is 5.69 Å². The topological polar surface area (TPSA) is 101 Å². The third kappa shape index (κ3) is 1.12. The third-order valence-corrected chi connectivity index (χ3v) is 2.37. The minimum absolute atomic E-state index is 0.235. The largest absolute Gasteiger partial charge is 0.383 e. The first kappa shape index (κ1) is 8.13. The number of nitrogen functional groups attached to an aromatic ring is 1.